The van der Waals surface area contributed by atoms with Crippen LogP contribution in [0.25, 0.3) is 6.08 Å². The number of pyridine rings is 1. The number of nitriles is 1. The van der Waals surface area contributed by atoms with Gasteiger partial charge in [-0.05, 0) is 59.7 Å². The van der Waals surface area contributed by atoms with Gasteiger partial charge in [-0.15, -0.1) is 0 Å². The third-order valence-electron chi connectivity index (χ3n) is 3.46. The number of halogens is 5. The first-order valence-electron chi connectivity index (χ1n) is 7.77. The van der Waals surface area contributed by atoms with Gasteiger partial charge in [0.25, 0.3) is 0 Å². The van der Waals surface area contributed by atoms with E-state index in [1.54, 1.807) is 24.4 Å². The van der Waals surface area contributed by atoms with Crippen molar-refractivity contribution in [2.75, 3.05) is 5.32 Å². The monoisotopic (exact) mass is 456 g/mol. The third kappa shape index (κ3) is 5.26. The SMILES string of the molecule is N#Cc1c(Sc2ncc(C(F)(F)F)cc2Cl)nsc1C=CNc1ccc(F)cc1. The molecule has 29 heavy (non-hydrogen) atoms. The standard InChI is InChI=1S/C18H9ClF4N4S2/c19-14-7-10(18(21,22)23)9-26-17(14)28-16-13(8-24)15(29-27-16)5-6-25-12-3-1-11(20)2-4-12/h1-7,9,25H. The molecule has 0 aliphatic heterocycles. The Morgan fingerprint density at radius 3 is 2.55 bits per heavy atom. The third-order valence-corrected chi connectivity index (χ3v) is 5.79. The zero-order valence-corrected chi connectivity index (χ0v) is 16.6. The molecule has 148 valence electrons. The van der Waals surface area contributed by atoms with Crippen LogP contribution in [0.4, 0.5) is 23.2 Å². The van der Waals surface area contributed by atoms with Gasteiger partial charge in [-0.3, -0.25) is 0 Å². The molecule has 0 aliphatic carbocycles. The van der Waals surface area contributed by atoms with Gasteiger partial charge in [0.05, 0.1) is 15.5 Å². The quantitative estimate of drug-likeness (QED) is 0.447. The highest BCUT2D eigenvalue weighted by Crippen LogP contribution is 2.38. The van der Waals surface area contributed by atoms with Crippen LogP contribution in [0, 0.1) is 17.1 Å². The summed E-state index contributed by atoms with van der Waals surface area (Å²) in [5, 5.41) is 12.6. The molecule has 2 heterocycles. The lowest BCUT2D eigenvalue weighted by atomic mass is 10.3. The van der Waals surface area contributed by atoms with Crippen LogP contribution in [0.15, 0.2) is 52.8 Å². The Kier molecular flexibility index (Phi) is 6.42. The fourth-order valence-electron chi connectivity index (χ4n) is 2.08. The molecule has 0 radical (unpaired) electrons. The number of alkyl halides is 3. The van der Waals surface area contributed by atoms with Crippen molar-refractivity contribution in [1.29, 1.82) is 5.26 Å². The van der Waals surface area contributed by atoms with E-state index in [1.165, 1.54) is 12.1 Å². The molecule has 0 saturated heterocycles. The maximum atomic E-state index is 12.9. The van der Waals surface area contributed by atoms with Gasteiger partial charge in [0.2, 0.25) is 0 Å². The average molecular weight is 457 g/mol. The van der Waals surface area contributed by atoms with Crippen LogP contribution in [0.5, 0.6) is 0 Å². The van der Waals surface area contributed by atoms with Gasteiger partial charge in [-0.25, -0.2) is 9.37 Å². The molecule has 0 amide bonds. The highest BCUT2D eigenvalue weighted by Gasteiger charge is 2.31. The predicted molar refractivity (Wildman–Crippen MR) is 104 cm³/mol. The normalized spacial score (nSPS) is 11.6. The lowest BCUT2D eigenvalue weighted by Crippen LogP contribution is -2.05. The maximum Gasteiger partial charge on any atom is 0.417 e. The van der Waals surface area contributed by atoms with Gasteiger partial charge in [0, 0.05) is 18.1 Å². The van der Waals surface area contributed by atoms with Gasteiger partial charge in [0.15, 0.2) is 0 Å². The number of rotatable bonds is 5. The van der Waals surface area contributed by atoms with Crippen molar-refractivity contribution in [2.45, 2.75) is 16.2 Å². The van der Waals surface area contributed by atoms with Crippen LogP contribution < -0.4 is 5.32 Å². The Morgan fingerprint density at radius 1 is 1.21 bits per heavy atom. The molecular weight excluding hydrogens is 448 g/mol. The molecule has 0 spiro atoms. The molecule has 0 bridgehead atoms. The zero-order chi connectivity index (χ0) is 21.0. The summed E-state index contributed by atoms with van der Waals surface area (Å²) in [6.45, 7) is 0. The molecule has 11 heteroatoms. The molecule has 1 N–H and O–H groups in total. The first-order chi connectivity index (χ1) is 13.8. The second-order valence-electron chi connectivity index (χ2n) is 5.43. The van der Waals surface area contributed by atoms with Crippen LogP contribution in [0.2, 0.25) is 5.02 Å². The van der Waals surface area contributed by atoms with Crippen molar-refractivity contribution in [3.8, 4) is 6.07 Å². The lowest BCUT2D eigenvalue weighted by Gasteiger charge is -2.08. The van der Waals surface area contributed by atoms with Crippen molar-refractivity contribution < 1.29 is 17.6 Å². The fourth-order valence-corrected chi connectivity index (χ4v) is 4.03. The number of benzene rings is 1. The predicted octanol–water partition coefficient (Wildman–Crippen LogP) is 6.46. The molecule has 4 nitrogen and oxygen atoms in total. The highest BCUT2D eigenvalue weighted by atomic mass is 35.5. The number of nitrogens with zero attached hydrogens (tertiary/aromatic N) is 3. The Hall–Kier alpha value is -2.61. The number of nitrogens with one attached hydrogen (secondary N) is 1. The summed E-state index contributed by atoms with van der Waals surface area (Å²) >= 11 is 7.86. The molecule has 0 saturated carbocycles. The Bertz CT molecular complexity index is 1090. The summed E-state index contributed by atoms with van der Waals surface area (Å²) in [4.78, 5) is 4.27. The number of aromatic nitrogens is 2. The second-order valence-corrected chi connectivity index (χ2v) is 7.62. The first-order valence-corrected chi connectivity index (χ1v) is 9.73. The fraction of sp³-hybridized carbons (Fsp3) is 0.0556. The number of hydrogen-bond donors (Lipinski definition) is 1. The molecule has 0 fully saturated rings. The van der Waals surface area contributed by atoms with Crippen LogP contribution in [0.3, 0.4) is 0 Å². The van der Waals surface area contributed by atoms with Crippen LogP contribution in [-0.4, -0.2) is 9.36 Å². The van der Waals surface area contributed by atoms with Gasteiger partial charge < -0.3 is 5.32 Å². The van der Waals surface area contributed by atoms with Crippen LogP contribution in [0.1, 0.15) is 16.0 Å². The van der Waals surface area contributed by atoms with Gasteiger partial charge in [-0.2, -0.15) is 22.8 Å². The van der Waals surface area contributed by atoms with E-state index in [2.05, 4.69) is 14.7 Å². The molecule has 0 aliphatic rings. The van der Waals surface area contributed by atoms with Crippen LogP contribution >= 0.6 is 34.9 Å². The van der Waals surface area contributed by atoms with E-state index in [4.69, 9.17) is 11.6 Å². The van der Waals surface area contributed by atoms with Crippen molar-refractivity contribution in [3.63, 3.8) is 0 Å². The minimum atomic E-state index is -4.55. The summed E-state index contributed by atoms with van der Waals surface area (Å²) in [7, 11) is 0. The molecule has 3 aromatic rings. The molecule has 0 unspecified atom stereocenters. The molecule has 2 aromatic heterocycles. The minimum Gasteiger partial charge on any atom is -0.362 e. The first kappa shape index (κ1) is 21.1. The molecule has 1 aromatic carbocycles. The van der Waals surface area contributed by atoms with Gasteiger partial charge in [-0.1, -0.05) is 11.6 Å². The Labute approximate surface area is 176 Å². The maximum absolute atomic E-state index is 12.9. The van der Waals surface area contributed by atoms with E-state index in [9.17, 15) is 22.8 Å². The Balaban J connectivity index is 1.77. The Morgan fingerprint density at radius 2 is 1.93 bits per heavy atom. The van der Waals surface area contributed by atoms with E-state index in [0.29, 0.717) is 16.8 Å². The van der Waals surface area contributed by atoms with Gasteiger partial charge in [0.1, 0.15) is 27.5 Å². The van der Waals surface area contributed by atoms with Crippen LogP contribution in [-0.2, 0) is 6.18 Å². The van der Waals surface area contributed by atoms with Crippen molar-refractivity contribution in [3.05, 3.63) is 69.6 Å². The van der Waals surface area contributed by atoms with E-state index in [0.717, 1.165) is 29.4 Å². The summed E-state index contributed by atoms with van der Waals surface area (Å²) in [6.07, 6.45) is -0.682. The lowest BCUT2D eigenvalue weighted by molar-refractivity contribution is -0.137. The topological polar surface area (TPSA) is 61.6 Å². The second kappa shape index (κ2) is 8.82. The smallest absolute Gasteiger partial charge is 0.362 e. The summed E-state index contributed by atoms with van der Waals surface area (Å²) in [6, 6.07) is 8.52. The molecular formula is C18H9ClF4N4S2. The van der Waals surface area contributed by atoms with Crippen molar-refractivity contribution in [2.24, 2.45) is 0 Å². The van der Waals surface area contributed by atoms with E-state index in [-0.39, 0.29) is 26.5 Å². The van der Waals surface area contributed by atoms with Gasteiger partial charge >= 0.3 is 6.18 Å². The largest absolute Gasteiger partial charge is 0.417 e. The number of anilines is 1. The van der Waals surface area contributed by atoms with Crippen molar-refractivity contribution in [1.82, 2.24) is 9.36 Å². The molecule has 3 rings (SSSR count). The average Bonchev–Trinajstić information content (AvgIpc) is 3.05. The minimum absolute atomic E-state index is 0.112. The number of hydrogen-bond acceptors (Lipinski definition) is 6. The summed E-state index contributed by atoms with van der Waals surface area (Å²) in [5.41, 5.74) is -0.0583. The van der Waals surface area contributed by atoms with E-state index < -0.39 is 11.7 Å². The summed E-state index contributed by atoms with van der Waals surface area (Å²) in [5.74, 6) is -0.356. The molecule has 0 atom stereocenters. The zero-order valence-electron chi connectivity index (χ0n) is 14.2. The van der Waals surface area contributed by atoms with E-state index in [1.807, 2.05) is 6.07 Å². The van der Waals surface area contributed by atoms with Crippen molar-refractivity contribution >= 4 is 46.7 Å². The summed E-state index contributed by atoms with van der Waals surface area (Å²) < 4.78 is 55.2. The van der Waals surface area contributed by atoms with E-state index >= 15 is 0 Å². The highest BCUT2D eigenvalue weighted by molar-refractivity contribution is 7.99.